The van der Waals surface area contributed by atoms with Crippen LogP contribution in [0.2, 0.25) is 0 Å². The normalized spacial score (nSPS) is 15.6. The van der Waals surface area contributed by atoms with Gasteiger partial charge in [0.25, 0.3) is 0 Å². The Morgan fingerprint density at radius 3 is 2.57 bits per heavy atom. The molecule has 1 fully saturated rings. The first-order valence-electron chi connectivity index (χ1n) is 6.80. The van der Waals surface area contributed by atoms with Gasteiger partial charge in [-0.2, -0.15) is 0 Å². The van der Waals surface area contributed by atoms with Crippen molar-refractivity contribution in [3.63, 3.8) is 0 Å². The van der Waals surface area contributed by atoms with E-state index in [4.69, 9.17) is 5.73 Å². The number of aromatic nitrogens is 1. The van der Waals surface area contributed by atoms with Crippen LogP contribution in [0, 0.1) is 12.8 Å². The van der Waals surface area contributed by atoms with Gasteiger partial charge < -0.3 is 16.0 Å². The molecule has 1 aromatic heterocycles. The topological polar surface area (TPSA) is 105 Å². The second-order valence-corrected chi connectivity index (χ2v) is 5.09. The maximum absolute atomic E-state index is 12.1. The number of likely N-dealkylation sites (tertiary alicyclic amines) is 1. The van der Waals surface area contributed by atoms with Crippen molar-refractivity contribution in [3.05, 3.63) is 23.9 Å². The summed E-state index contributed by atoms with van der Waals surface area (Å²) in [4.78, 5) is 40.5. The smallest absolute Gasteiger partial charge is 0.315 e. The van der Waals surface area contributed by atoms with E-state index in [-0.39, 0.29) is 11.8 Å². The summed E-state index contributed by atoms with van der Waals surface area (Å²) in [5, 5.41) is 2.51. The highest BCUT2D eigenvalue weighted by Gasteiger charge is 2.29. The van der Waals surface area contributed by atoms with Crippen molar-refractivity contribution in [1.82, 2.24) is 9.88 Å². The number of nitrogens with zero attached hydrogens (tertiary/aromatic N) is 2. The minimum absolute atomic E-state index is 0.213. The first-order valence-corrected chi connectivity index (χ1v) is 6.80. The van der Waals surface area contributed by atoms with Gasteiger partial charge in [0.05, 0.1) is 0 Å². The summed E-state index contributed by atoms with van der Waals surface area (Å²) in [6.07, 6.45) is 2.54. The van der Waals surface area contributed by atoms with Gasteiger partial charge in [-0.1, -0.05) is 6.07 Å². The number of nitrogens with one attached hydrogen (secondary N) is 1. The molecule has 3 N–H and O–H groups in total. The van der Waals surface area contributed by atoms with Crippen molar-refractivity contribution in [3.8, 4) is 0 Å². The monoisotopic (exact) mass is 290 g/mol. The van der Waals surface area contributed by atoms with E-state index in [0.29, 0.717) is 31.7 Å². The van der Waals surface area contributed by atoms with Crippen molar-refractivity contribution in [2.45, 2.75) is 19.8 Å². The van der Waals surface area contributed by atoms with Crippen LogP contribution in [0.15, 0.2) is 18.3 Å². The predicted molar refractivity (Wildman–Crippen MR) is 76.1 cm³/mol. The van der Waals surface area contributed by atoms with Gasteiger partial charge in [-0.15, -0.1) is 0 Å². The number of piperidine rings is 1. The summed E-state index contributed by atoms with van der Waals surface area (Å²) in [7, 11) is 0. The molecule has 112 valence electrons. The van der Waals surface area contributed by atoms with Crippen molar-refractivity contribution < 1.29 is 14.4 Å². The zero-order valence-electron chi connectivity index (χ0n) is 11.8. The van der Waals surface area contributed by atoms with E-state index < -0.39 is 11.8 Å². The molecular weight excluding hydrogens is 272 g/mol. The van der Waals surface area contributed by atoms with Gasteiger partial charge in [0, 0.05) is 25.2 Å². The zero-order chi connectivity index (χ0) is 15.4. The molecule has 0 radical (unpaired) electrons. The molecule has 0 bridgehead atoms. The highest BCUT2D eigenvalue weighted by molar-refractivity contribution is 6.39. The molecule has 7 nitrogen and oxygen atoms in total. The van der Waals surface area contributed by atoms with Crippen molar-refractivity contribution in [2.24, 2.45) is 11.7 Å². The summed E-state index contributed by atoms with van der Waals surface area (Å²) < 4.78 is 0. The van der Waals surface area contributed by atoms with Crippen LogP contribution in [0.5, 0.6) is 0 Å². The Labute approximate surface area is 122 Å². The molecule has 7 heteroatoms. The Hall–Kier alpha value is -2.44. The third-order valence-electron chi connectivity index (χ3n) is 3.62. The molecule has 0 aliphatic carbocycles. The first kappa shape index (κ1) is 15.0. The molecule has 1 saturated heterocycles. The predicted octanol–water partition coefficient (Wildman–Crippen LogP) is 0.0524. The maximum Gasteiger partial charge on any atom is 0.315 e. The molecule has 2 rings (SSSR count). The minimum Gasteiger partial charge on any atom is -0.369 e. The van der Waals surface area contributed by atoms with Crippen LogP contribution in [0.1, 0.15) is 18.4 Å². The molecule has 0 atom stereocenters. The van der Waals surface area contributed by atoms with Gasteiger partial charge in [0.2, 0.25) is 5.91 Å². The number of anilines is 1. The number of primary amides is 1. The SMILES string of the molecule is Cc1cccnc1NC(=O)C(=O)N1CCC(C(N)=O)CC1. The second-order valence-electron chi connectivity index (χ2n) is 5.09. The van der Waals surface area contributed by atoms with Crippen LogP contribution >= 0.6 is 0 Å². The number of carbonyl (C=O) groups is 3. The van der Waals surface area contributed by atoms with Crippen molar-refractivity contribution in [1.29, 1.82) is 0 Å². The lowest BCUT2D eigenvalue weighted by molar-refractivity contribution is -0.144. The quantitative estimate of drug-likeness (QED) is 0.751. The largest absolute Gasteiger partial charge is 0.369 e. The highest BCUT2D eigenvalue weighted by atomic mass is 16.2. The number of nitrogens with two attached hydrogens (primary N) is 1. The Kier molecular flexibility index (Phi) is 4.52. The highest BCUT2D eigenvalue weighted by Crippen LogP contribution is 2.17. The molecule has 21 heavy (non-hydrogen) atoms. The number of hydrogen-bond donors (Lipinski definition) is 2. The van der Waals surface area contributed by atoms with E-state index in [2.05, 4.69) is 10.3 Å². The third kappa shape index (κ3) is 3.56. The first-order chi connectivity index (χ1) is 9.99. The number of rotatable bonds is 2. The Bertz CT molecular complexity index is 565. The summed E-state index contributed by atoms with van der Waals surface area (Å²) in [5.74, 6) is -1.51. The molecule has 1 aliphatic rings. The van der Waals surface area contributed by atoms with E-state index in [1.807, 2.05) is 0 Å². The van der Waals surface area contributed by atoms with Crippen LogP contribution in [0.25, 0.3) is 0 Å². The number of hydrogen-bond acceptors (Lipinski definition) is 4. The fourth-order valence-electron chi connectivity index (χ4n) is 2.29. The summed E-state index contributed by atoms with van der Waals surface area (Å²) >= 11 is 0. The lowest BCUT2D eigenvalue weighted by atomic mass is 9.96. The summed E-state index contributed by atoms with van der Waals surface area (Å²) in [6.45, 7) is 2.52. The van der Waals surface area contributed by atoms with Gasteiger partial charge in [-0.05, 0) is 31.4 Å². The number of carbonyl (C=O) groups excluding carboxylic acids is 3. The van der Waals surface area contributed by atoms with Crippen LogP contribution in [0.4, 0.5) is 5.82 Å². The van der Waals surface area contributed by atoms with Crippen molar-refractivity contribution in [2.75, 3.05) is 18.4 Å². The molecule has 0 saturated carbocycles. The maximum atomic E-state index is 12.1. The van der Waals surface area contributed by atoms with Gasteiger partial charge >= 0.3 is 11.8 Å². The molecule has 0 aromatic carbocycles. The second kappa shape index (κ2) is 6.34. The Morgan fingerprint density at radius 1 is 1.33 bits per heavy atom. The average Bonchev–Trinajstić information content (AvgIpc) is 2.49. The van der Waals surface area contributed by atoms with Gasteiger partial charge in [0.15, 0.2) is 0 Å². The van der Waals surface area contributed by atoms with E-state index in [1.54, 1.807) is 25.3 Å². The average molecular weight is 290 g/mol. The fourth-order valence-corrected chi connectivity index (χ4v) is 2.29. The Balaban J connectivity index is 1.93. The third-order valence-corrected chi connectivity index (χ3v) is 3.62. The van der Waals surface area contributed by atoms with Crippen LogP contribution in [-0.4, -0.2) is 40.7 Å². The van der Waals surface area contributed by atoms with Crippen LogP contribution in [-0.2, 0) is 14.4 Å². The van der Waals surface area contributed by atoms with Crippen LogP contribution < -0.4 is 11.1 Å². The number of amides is 3. The fraction of sp³-hybridized carbons (Fsp3) is 0.429. The summed E-state index contributed by atoms with van der Waals surface area (Å²) in [6, 6.07) is 3.55. The van der Waals surface area contributed by atoms with Crippen molar-refractivity contribution >= 4 is 23.5 Å². The van der Waals surface area contributed by atoms with Gasteiger partial charge in [-0.3, -0.25) is 14.4 Å². The molecule has 1 aliphatic heterocycles. The van der Waals surface area contributed by atoms with E-state index >= 15 is 0 Å². The standard InChI is InChI=1S/C14H18N4O3/c1-9-3-2-6-16-12(9)17-13(20)14(21)18-7-4-10(5-8-18)11(15)19/h2-3,6,10H,4-5,7-8H2,1H3,(H2,15,19)(H,16,17,20). The lowest BCUT2D eigenvalue weighted by Gasteiger charge is -2.29. The minimum atomic E-state index is -0.714. The number of aryl methyl sites for hydroxylation is 1. The Morgan fingerprint density at radius 2 is 2.00 bits per heavy atom. The summed E-state index contributed by atoms with van der Waals surface area (Å²) in [5.41, 5.74) is 6.02. The van der Waals surface area contributed by atoms with Gasteiger partial charge in [0.1, 0.15) is 5.82 Å². The lowest BCUT2D eigenvalue weighted by Crippen LogP contribution is -2.46. The molecule has 1 aromatic rings. The molecular formula is C14H18N4O3. The van der Waals surface area contributed by atoms with E-state index in [9.17, 15) is 14.4 Å². The van der Waals surface area contributed by atoms with E-state index in [0.717, 1.165) is 5.56 Å². The zero-order valence-corrected chi connectivity index (χ0v) is 11.8. The molecule has 2 heterocycles. The molecule has 0 unspecified atom stereocenters. The molecule has 3 amide bonds. The van der Waals surface area contributed by atoms with E-state index in [1.165, 1.54) is 4.90 Å². The van der Waals surface area contributed by atoms with Gasteiger partial charge in [-0.25, -0.2) is 4.98 Å². The van der Waals surface area contributed by atoms with Crippen LogP contribution in [0.3, 0.4) is 0 Å². The number of pyridine rings is 1. The molecule has 0 spiro atoms.